The molecule has 0 aliphatic carbocycles. The number of carbonyl (C=O) groups is 3. The van der Waals surface area contributed by atoms with Crippen molar-refractivity contribution >= 4 is 17.6 Å². The fourth-order valence-electron chi connectivity index (χ4n) is 1.51. The van der Waals surface area contributed by atoms with Gasteiger partial charge in [-0.3, -0.25) is 19.4 Å². The minimum atomic E-state index is -0.844. The van der Waals surface area contributed by atoms with Crippen LogP contribution in [0.5, 0.6) is 0 Å². The van der Waals surface area contributed by atoms with Crippen LogP contribution in [0.1, 0.15) is 36.5 Å². The summed E-state index contributed by atoms with van der Waals surface area (Å²) in [6, 6.07) is 2.36. The largest absolute Gasteiger partial charge is 0.368 e. The van der Waals surface area contributed by atoms with E-state index in [-0.39, 0.29) is 18.6 Å². The topological polar surface area (TPSA) is 102 Å². The summed E-state index contributed by atoms with van der Waals surface area (Å²) in [4.78, 5) is 38.1. The third-order valence-corrected chi connectivity index (χ3v) is 2.68. The lowest BCUT2D eigenvalue weighted by atomic mass is 10.1. The quantitative estimate of drug-likeness (QED) is 0.744. The molecule has 0 radical (unpaired) electrons. The number of nitrogens with two attached hydrogens (primary N) is 1. The molecule has 2 amide bonds. The molecule has 102 valence electrons. The molecule has 0 unspecified atom stereocenters. The first-order chi connectivity index (χ1) is 9.04. The summed E-state index contributed by atoms with van der Waals surface area (Å²) in [5.74, 6) is -1.05. The van der Waals surface area contributed by atoms with E-state index in [1.54, 1.807) is 25.3 Å². The third-order valence-electron chi connectivity index (χ3n) is 2.68. The highest BCUT2D eigenvalue weighted by Crippen LogP contribution is 2.03. The van der Waals surface area contributed by atoms with E-state index in [9.17, 15) is 14.4 Å². The van der Waals surface area contributed by atoms with E-state index in [0.29, 0.717) is 12.0 Å². The molecular formula is C13H17N3O3. The van der Waals surface area contributed by atoms with Crippen molar-refractivity contribution in [3.05, 3.63) is 30.1 Å². The van der Waals surface area contributed by atoms with Gasteiger partial charge in [0, 0.05) is 25.2 Å². The first-order valence-corrected chi connectivity index (χ1v) is 6.06. The molecule has 6 heteroatoms. The van der Waals surface area contributed by atoms with Crippen molar-refractivity contribution in [1.29, 1.82) is 0 Å². The number of primary amides is 1. The molecule has 0 aliphatic rings. The van der Waals surface area contributed by atoms with Crippen LogP contribution >= 0.6 is 0 Å². The Bertz CT molecular complexity index is 459. The van der Waals surface area contributed by atoms with Gasteiger partial charge in [-0.05, 0) is 18.6 Å². The average molecular weight is 263 g/mol. The Labute approximate surface area is 111 Å². The highest BCUT2D eigenvalue weighted by Gasteiger charge is 2.19. The SMILES string of the molecule is CCC(=O)CC[C@@H](NC(=O)c1cccnc1)C(N)=O. The zero-order valence-corrected chi connectivity index (χ0v) is 10.8. The van der Waals surface area contributed by atoms with Crippen LogP contribution in [0.15, 0.2) is 24.5 Å². The zero-order valence-electron chi connectivity index (χ0n) is 10.8. The normalized spacial score (nSPS) is 11.6. The van der Waals surface area contributed by atoms with Gasteiger partial charge in [-0.25, -0.2) is 0 Å². The number of hydrogen-bond acceptors (Lipinski definition) is 4. The van der Waals surface area contributed by atoms with E-state index in [1.807, 2.05) is 0 Å². The van der Waals surface area contributed by atoms with Crippen molar-refractivity contribution < 1.29 is 14.4 Å². The number of rotatable bonds is 7. The predicted molar refractivity (Wildman–Crippen MR) is 69.2 cm³/mol. The van der Waals surface area contributed by atoms with Crippen LogP contribution in [0.3, 0.4) is 0 Å². The summed E-state index contributed by atoms with van der Waals surface area (Å²) in [5.41, 5.74) is 5.55. The number of nitrogens with one attached hydrogen (secondary N) is 1. The second-order valence-electron chi connectivity index (χ2n) is 4.10. The standard InChI is InChI=1S/C13H17N3O3/c1-2-10(17)5-6-11(12(14)18)16-13(19)9-4-3-7-15-8-9/h3-4,7-8,11H,2,5-6H2,1H3,(H2,14,18)(H,16,19)/t11-/m1/s1. The summed E-state index contributed by atoms with van der Waals surface area (Å²) in [7, 11) is 0. The molecule has 0 saturated heterocycles. The summed E-state index contributed by atoms with van der Waals surface area (Å²) < 4.78 is 0. The maximum Gasteiger partial charge on any atom is 0.253 e. The lowest BCUT2D eigenvalue weighted by Crippen LogP contribution is -2.44. The molecule has 0 spiro atoms. The van der Waals surface area contributed by atoms with Gasteiger partial charge in [-0.2, -0.15) is 0 Å². The van der Waals surface area contributed by atoms with Gasteiger partial charge >= 0.3 is 0 Å². The first-order valence-electron chi connectivity index (χ1n) is 6.06. The van der Waals surface area contributed by atoms with E-state index >= 15 is 0 Å². The maximum absolute atomic E-state index is 11.8. The van der Waals surface area contributed by atoms with Crippen LogP contribution in [0.4, 0.5) is 0 Å². The zero-order chi connectivity index (χ0) is 14.3. The number of carbonyl (C=O) groups excluding carboxylic acids is 3. The van der Waals surface area contributed by atoms with Crippen LogP contribution in [-0.2, 0) is 9.59 Å². The molecule has 1 heterocycles. The van der Waals surface area contributed by atoms with Crippen LogP contribution in [-0.4, -0.2) is 28.6 Å². The summed E-state index contributed by atoms with van der Waals surface area (Å²) in [5, 5.41) is 2.51. The minimum absolute atomic E-state index is 0.0295. The number of hydrogen-bond donors (Lipinski definition) is 2. The molecule has 1 aromatic rings. The highest BCUT2D eigenvalue weighted by molar-refractivity contribution is 5.97. The van der Waals surface area contributed by atoms with E-state index in [2.05, 4.69) is 10.3 Å². The minimum Gasteiger partial charge on any atom is -0.368 e. The van der Waals surface area contributed by atoms with Crippen LogP contribution in [0.2, 0.25) is 0 Å². The second kappa shape index (κ2) is 7.25. The van der Waals surface area contributed by atoms with E-state index in [0.717, 1.165) is 0 Å². The monoisotopic (exact) mass is 263 g/mol. The van der Waals surface area contributed by atoms with Crippen LogP contribution in [0, 0.1) is 0 Å². The number of Topliss-reactive ketones (excluding diaryl/α,β-unsaturated/α-hetero) is 1. The lowest BCUT2D eigenvalue weighted by molar-refractivity contribution is -0.121. The molecule has 3 N–H and O–H groups in total. The molecule has 0 saturated carbocycles. The molecule has 1 atom stereocenters. The van der Waals surface area contributed by atoms with E-state index in [1.165, 1.54) is 6.20 Å². The van der Waals surface area contributed by atoms with Crippen molar-refractivity contribution in [3.63, 3.8) is 0 Å². The van der Waals surface area contributed by atoms with Gasteiger partial charge in [0.15, 0.2) is 0 Å². The molecule has 0 fully saturated rings. The molecule has 0 aromatic carbocycles. The summed E-state index contributed by atoms with van der Waals surface area (Å²) in [6.07, 6.45) is 3.78. The summed E-state index contributed by atoms with van der Waals surface area (Å²) >= 11 is 0. The highest BCUT2D eigenvalue weighted by atomic mass is 16.2. The van der Waals surface area contributed by atoms with Crippen LogP contribution in [0.25, 0.3) is 0 Å². The molecule has 1 aromatic heterocycles. The average Bonchev–Trinajstić information content (AvgIpc) is 2.43. The Morgan fingerprint density at radius 3 is 2.68 bits per heavy atom. The van der Waals surface area contributed by atoms with E-state index in [4.69, 9.17) is 5.73 Å². The first kappa shape index (κ1) is 14.8. The second-order valence-corrected chi connectivity index (χ2v) is 4.10. The smallest absolute Gasteiger partial charge is 0.253 e. The van der Waals surface area contributed by atoms with Crippen molar-refractivity contribution in [2.45, 2.75) is 32.2 Å². The Morgan fingerprint density at radius 2 is 2.16 bits per heavy atom. The van der Waals surface area contributed by atoms with Gasteiger partial charge in [0.05, 0.1) is 5.56 Å². The predicted octanol–water partition coefficient (Wildman–Crippen LogP) is 0.425. The Kier molecular flexibility index (Phi) is 5.66. The van der Waals surface area contributed by atoms with Crippen molar-refractivity contribution in [3.8, 4) is 0 Å². The molecular weight excluding hydrogens is 246 g/mol. The van der Waals surface area contributed by atoms with Crippen LogP contribution < -0.4 is 11.1 Å². The number of pyridine rings is 1. The molecule has 0 aliphatic heterocycles. The fourth-order valence-corrected chi connectivity index (χ4v) is 1.51. The van der Waals surface area contributed by atoms with Crippen molar-refractivity contribution in [1.82, 2.24) is 10.3 Å². The molecule has 6 nitrogen and oxygen atoms in total. The molecule has 0 bridgehead atoms. The fraction of sp³-hybridized carbons (Fsp3) is 0.385. The van der Waals surface area contributed by atoms with Gasteiger partial charge in [0.25, 0.3) is 5.91 Å². The summed E-state index contributed by atoms with van der Waals surface area (Å²) in [6.45, 7) is 1.75. The Balaban J connectivity index is 2.61. The molecule has 1 rings (SSSR count). The van der Waals surface area contributed by atoms with Gasteiger partial charge in [-0.1, -0.05) is 6.92 Å². The van der Waals surface area contributed by atoms with E-state index < -0.39 is 17.9 Å². The van der Waals surface area contributed by atoms with Gasteiger partial charge in [0.1, 0.15) is 11.8 Å². The van der Waals surface area contributed by atoms with Crippen molar-refractivity contribution in [2.75, 3.05) is 0 Å². The number of amides is 2. The van der Waals surface area contributed by atoms with Crippen molar-refractivity contribution in [2.24, 2.45) is 5.73 Å². The molecule has 19 heavy (non-hydrogen) atoms. The van der Waals surface area contributed by atoms with Gasteiger partial charge in [-0.15, -0.1) is 0 Å². The maximum atomic E-state index is 11.8. The Morgan fingerprint density at radius 1 is 1.42 bits per heavy atom. The Hall–Kier alpha value is -2.24. The lowest BCUT2D eigenvalue weighted by Gasteiger charge is -2.14. The number of ketones is 1. The van der Waals surface area contributed by atoms with Gasteiger partial charge < -0.3 is 11.1 Å². The number of aromatic nitrogens is 1. The number of nitrogens with zero attached hydrogens (tertiary/aromatic N) is 1. The third kappa shape index (κ3) is 4.87. The van der Waals surface area contributed by atoms with Gasteiger partial charge in [0.2, 0.25) is 5.91 Å².